The van der Waals surface area contributed by atoms with Gasteiger partial charge in [0.25, 0.3) is 0 Å². The summed E-state index contributed by atoms with van der Waals surface area (Å²) in [6.45, 7) is 2.34. The van der Waals surface area contributed by atoms with Gasteiger partial charge in [-0.15, -0.1) is 11.3 Å². The van der Waals surface area contributed by atoms with E-state index in [9.17, 15) is 0 Å². The Kier molecular flexibility index (Phi) is 2.85. The summed E-state index contributed by atoms with van der Waals surface area (Å²) in [5.74, 6) is 0.350. The second-order valence-electron chi connectivity index (χ2n) is 3.75. The number of thiophene rings is 1. The van der Waals surface area contributed by atoms with Crippen LogP contribution >= 0.6 is 11.3 Å². The van der Waals surface area contributed by atoms with E-state index in [1.807, 2.05) is 0 Å². The number of aliphatic hydroxyl groups excluding tert-OH is 1. The molecule has 1 aromatic carbocycles. The third kappa shape index (κ3) is 1.81. The molecule has 1 atom stereocenters. The quantitative estimate of drug-likeness (QED) is 0.818. The highest BCUT2D eigenvalue weighted by Gasteiger charge is 2.06. The molecule has 1 unspecified atom stereocenters. The van der Waals surface area contributed by atoms with Gasteiger partial charge in [0.2, 0.25) is 0 Å². The summed E-state index contributed by atoms with van der Waals surface area (Å²) < 4.78 is 1.37. The molecule has 1 aromatic heterocycles. The molecule has 14 heavy (non-hydrogen) atoms. The first-order valence-electron chi connectivity index (χ1n) is 4.87. The molecule has 0 aliphatic rings. The topological polar surface area (TPSA) is 20.2 Å². The Balaban J connectivity index is 2.36. The van der Waals surface area contributed by atoms with Crippen molar-refractivity contribution in [3.8, 4) is 0 Å². The van der Waals surface area contributed by atoms with Crippen molar-refractivity contribution in [2.75, 3.05) is 6.61 Å². The number of hydrogen-bond donors (Lipinski definition) is 1. The van der Waals surface area contributed by atoms with Crippen molar-refractivity contribution >= 4 is 21.4 Å². The van der Waals surface area contributed by atoms with Crippen LogP contribution in [0.25, 0.3) is 10.1 Å². The third-order valence-electron chi connectivity index (χ3n) is 2.44. The molecule has 2 rings (SSSR count). The maximum absolute atomic E-state index is 9.02. The lowest BCUT2D eigenvalue weighted by atomic mass is 10.0. The zero-order chi connectivity index (χ0) is 9.97. The predicted octanol–water partition coefficient (Wildman–Crippen LogP) is 3.07. The second kappa shape index (κ2) is 4.11. The first kappa shape index (κ1) is 9.69. The second-order valence-corrected chi connectivity index (χ2v) is 4.66. The molecule has 1 N–H and O–H groups in total. The number of rotatable bonds is 3. The lowest BCUT2D eigenvalue weighted by Gasteiger charge is -2.08. The smallest absolute Gasteiger partial charge is 0.0459 e. The van der Waals surface area contributed by atoms with Crippen LogP contribution in [-0.4, -0.2) is 11.7 Å². The van der Waals surface area contributed by atoms with E-state index in [-0.39, 0.29) is 6.61 Å². The average Bonchev–Trinajstić information content (AvgIpc) is 2.66. The number of aliphatic hydroxyl groups is 1. The van der Waals surface area contributed by atoms with Gasteiger partial charge in [-0.2, -0.15) is 0 Å². The fourth-order valence-corrected chi connectivity index (χ4v) is 2.58. The lowest BCUT2D eigenvalue weighted by molar-refractivity contribution is 0.237. The van der Waals surface area contributed by atoms with E-state index in [1.165, 1.54) is 15.6 Å². The van der Waals surface area contributed by atoms with Crippen LogP contribution in [0.2, 0.25) is 0 Å². The maximum Gasteiger partial charge on any atom is 0.0459 e. The molecule has 1 heterocycles. The van der Waals surface area contributed by atoms with Crippen molar-refractivity contribution < 1.29 is 5.11 Å². The van der Waals surface area contributed by atoms with Crippen LogP contribution in [0.5, 0.6) is 0 Å². The largest absolute Gasteiger partial charge is 0.396 e. The van der Waals surface area contributed by atoms with Crippen molar-refractivity contribution in [2.24, 2.45) is 5.92 Å². The summed E-state index contributed by atoms with van der Waals surface area (Å²) >= 11 is 1.78. The van der Waals surface area contributed by atoms with Gasteiger partial charge < -0.3 is 5.11 Å². The average molecular weight is 206 g/mol. The fraction of sp³-hybridized carbons (Fsp3) is 0.333. The molecule has 0 aliphatic heterocycles. The Morgan fingerprint density at radius 1 is 1.36 bits per heavy atom. The van der Waals surface area contributed by atoms with Crippen LogP contribution in [0.15, 0.2) is 29.6 Å². The zero-order valence-corrected chi connectivity index (χ0v) is 9.05. The lowest BCUT2D eigenvalue weighted by Crippen LogP contribution is -2.04. The van der Waals surface area contributed by atoms with Gasteiger partial charge in [-0.05, 0) is 34.7 Å². The summed E-state index contributed by atoms with van der Waals surface area (Å²) in [7, 11) is 0. The summed E-state index contributed by atoms with van der Waals surface area (Å²) in [6, 6.07) is 8.53. The highest BCUT2D eigenvalue weighted by Crippen LogP contribution is 2.26. The van der Waals surface area contributed by atoms with Crippen molar-refractivity contribution in [3.63, 3.8) is 0 Å². The van der Waals surface area contributed by atoms with Crippen LogP contribution in [0.3, 0.4) is 0 Å². The molecule has 0 spiro atoms. The minimum absolute atomic E-state index is 0.266. The van der Waals surface area contributed by atoms with Crippen LogP contribution in [0.1, 0.15) is 12.5 Å². The highest BCUT2D eigenvalue weighted by molar-refractivity contribution is 7.17. The summed E-state index contributed by atoms with van der Waals surface area (Å²) in [5.41, 5.74) is 1.36. The molecule has 0 amide bonds. The Hall–Kier alpha value is -0.860. The molecule has 0 saturated heterocycles. The minimum atomic E-state index is 0.266. The highest BCUT2D eigenvalue weighted by atomic mass is 32.1. The van der Waals surface area contributed by atoms with Gasteiger partial charge >= 0.3 is 0 Å². The van der Waals surface area contributed by atoms with E-state index >= 15 is 0 Å². The fourth-order valence-electron chi connectivity index (χ4n) is 1.66. The maximum atomic E-state index is 9.02. The van der Waals surface area contributed by atoms with Gasteiger partial charge in [-0.1, -0.05) is 25.1 Å². The normalized spacial score (nSPS) is 13.3. The van der Waals surface area contributed by atoms with Gasteiger partial charge in [0, 0.05) is 11.3 Å². The molecular formula is C12H14OS. The Morgan fingerprint density at radius 3 is 3.00 bits per heavy atom. The minimum Gasteiger partial charge on any atom is -0.396 e. The first-order chi connectivity index (χ1) is 6.81. The Bertz CT molecular complexity index is 419. The number of hydrogen-bond acceptors (Lipinski definition) is 2. The van der Waals surface area contributed by atoms with Crippen molar-refractivity contribution in [2.45, 2.75) is 13.3 Å². The molecule has 0 fully saturated rings. The SMILES string of the molecule is CC(CO)Cc1cccc2ccsc12. The van der Waals surface area contributed by atoms with Crippen LogP contribution in [0, 0.1) is 5.92 Å². The predicted molar refractivity (Wildman–Crippen MR) is 61.8 cm³/mol. The van der Waals surface area contributed by atoms with Crippen molar-refractivity contribution in [3.05, 3.63) is 35.2 Å². The standard InChI is InChI=1S/C12H14OS/c1-9(8-13)7-11-4-2-3-10-5-6-14-12(10)11/h2-6,9,13H,7-8H2,1H3. The van der Waals surface area contributed by atoms with Crippen molar-refractivity contribution in [1.82, 2.24) is 0 Å². The third-order valence-corrected chi connectivity index (χ3v) is 3.45. The Labute approximate surface area is 88.0 Å². The van der Waals surface area contributed by atoms with E-state index in [1.54, 1.807) is 11.3 Å². The Morgan fingerprint density at radius 2 is 2.21 bits per heavy atom. The van der Waals surface area contributed by atoms with E-state index in [2.05, 4.69) is 36.6 Å². The molecule has 0 saturated carbocycles. The molecule has 0 radical (unpaired) electrons. The zero-order valence-electron chi connectivity index (χ0n) is 8.23. The van der Waals surface area contributed by atoms with E-state index in [0.29, 0.717) is 5.92 Å². The molecule has 0 bridgehead atoms. The van der Waals surface area contributed by atoms with Crippen molar-refractivity contribution in [1.29, 1.82) is 0 Å². The summed E-state index contributed by atoms with van der Waals surface area (Å²) in [4.78, 5) is 0. The molecule has 74 valence electrons. The summed E-state index contributed by atoms with van der Waals surface area (Å²) in [5, 5.41) is 12.5. The van der Waals surface area contributed by atoms with E-state index < -0.39 is 0 Å². The molecule has 0 aliphatic carbocycles. The number of fused-ring (bicyclic) bond motifs is 1. The van der Waals surface area contributed by atoms with E-state index in [4.69, 9.17) is 5.11 Å². The van der Waals surface area contributed by atoms with Gasteiger partial charge in [0.1, 0.15) is 0 Å². The molecule has 2 aromatic rings. The van der Waals surface area contributed by atoms with Gasteiger partial charge in [-0.3, -0.25) is 0 Å². The molecular weight excluding hydrogens is 192 g/mol. The van der Waals surface area contributed by atoms with Crippen LogP contribution in [0.4, 0.5) is 0 Å². The molecule has 1 nitrogen and oxygen atoms in total. The summed E-state index contributed by atoms with van der Waals surface area (Å²) in [6.07, 6.45) is 0.967. The monoisotopic (exact) mass is 206 g/mol. The number of benzene rings is 1. The van der Waals surface area contributed by atoms with Gasteiger partial charge in [0.05, 0.1) is 0 Å². The first-order valence-corrected chi connectivity index (χ1v) is 5.75. The van der Waals surface area contributed by atoms with Crippen LogP contribution < -0.4 is 0 Å². The van der Waals surface area contributed by atoms with Crippen LogP contribution in [-0.2, 0) is 6.42 Å². The molecule has 2 heteroatoms. The van der Waals surface area contributed by atoms with Gasteiger partial charge in [-0.25, -0.2) is 0 Å². The van der Waals surface area contributed by atoms with Gasteiger partial charge in [0.15, 0.2) is 0 Å². The van der Waals surface area contributed by atoms with E-state index in [0.717, 1.165) is 6.42 Å².